The number of carbonyl (C=O) groups excluding carboxylic acids is 1. The number of anilines is 1. The first kappa shape index (κ1) is 16.5. The maximum atomic E-state index is 12.2. The highest BCUT2D eigenvalue weighted by Crippen LogP contribution is 2.21. The number of nitrogens with one attached hydrogen (secondary N) is 2. The quantitative estimate of drug-likeness (QED) is 0.559. The Bertz CT molecular complexity index is 1020. The van der Waals surface area contributed by atoms with Crippen LogP contribution in [0.1, 0.15) is 5.56 Å². The van der Waals surface area contributed by atoms with Crippen molar-refractivity contribution >= 4 is 11.8 Å². The van der Waals surface area contributed by atoms with Crippen LogP contribution < -0.4 is 10.6 Å². The highest BCUT2D eigenvalue weighted by molar-refractivity contribution is 5.88. The number of carbonyl (C=O) groups is 1. The number of amides is 2. The van der Waals surface area contributed by atoms with Gasteiger partial charge in [0, 0.05) is 25.9 Å². The number of rotatable bonds is 5. The van der Waals surface area contributed by atoms with Gasteiger partial charge < -0.3 is 9.73 Å². The van der Waals surface area contributed by atoms with Gasteiger partial charge in [-0.2, -0.15) is 10.2 Å². The molecule has 0 fully saturated rings. The van der Waals surface area contributed by atoms with E-state index < -0.39 is 0 Å². The van der Waals surface area contributed by atoms with Crippen molar-refractivity contribution in [1.29, 1.82) is 0 Å². The molecular formula is C17H16N8O2. The number of furan rings is 1. The molecule has 2 N–H and O–H groups in total. The fourth-order valence-electron chi connectivity index (χ4n) is 2.46. The van der Waals surface area contributed by atoms with Crippen LogP contribution >= 0.6 is 0 Å². The summed E-state index contributed by atoms with van der Waals surface area (Å²) in [5, 5.41) is 13.9. The summed E-state index contributed by atoms with van der Waals surface area (Å²) in [6.45, 7) is 0.333. The number of urea groups is 1. The van der Waals surface area contributed by atoms with E-state index in [1.54, 1.807) is 53.4 Å². The molecule has 0 saturated carbocycles. The number of pyridine rings is 1. The van der Waals surface area contributed by atoms with Gasteiger partial charge in [0.1, 0.15) is 24.2 Å². The molecule has 10 nitrogen and oxygen atoms in total. The summed E-state index contributed by atoms with van der Waals surface area (Å²) < 4.78 is 8.45. The van der Waals surface area contributed by atoms with E-state index in [-0.39, 0.29) is 6.03 Å². The molecule has 27 heavy (non-hydrogen) atoms. The summed E-state index contributed by atoms with van der Waals surface area (Å²) in [5.74, 6) is 1.84. The first-order valence-corrected chi connectivity index (χ1v) is 8.12. The molecule has 0 radical (unpaired) electrons. The Hall–Kier alpha value is -3.95. The van der Waals surface area contributed by atoms with Gasteiger partial charge >= 0.3 is 6.03 Å². The van der Waals surface area contributed by atoms with Crippen LogP contribution in [0.2, 0.25) is 0 Å². The van der Waals surface area contributed by atoms with Crippen molar-refractivity contribution in [2.45, 2.75) is 6.54 Å². The topological polar surface area (TPSA) is 116 Å². The predicted octanol–water partition coefficient (Wildman–Crippen LogP) is 1.98. The lowest BCUT2D eigenvalue weighted by Crippen LogP contribution is -2.29. The van der Waals surface area contributed by atoms with Gasteiger partial charge in [-0.15, -0.1) is 0 Å². The molecule has 10 heteroatoms. The Morgan fingerprint density at radius 1 is 1.30 bits per heavy atom. The maximum Gasteiger partial charge on any atom is 0.320 e. The Morgan fingerprint density at radius 2 is 2.22 bits per heavy atom. The first-order valence-electron chi connectivity index (χ1n) is 8.12. The summed E-state index contributed by atoms with van der Waals surface area (Å²) >= 11 is 0. The van der Waals surface area contributed by atoms with Crippen LogP contribution in [0.3, 0.4) is 0 Å². The largest absolute Gasteiger partial charge is 0.463 e. The molecule has 4 heterocycles. The van der Waals surface area contributed by atoms with E-state index in [0.29, 0.717) is 29.6 Å². The number of hydrogen-bond acceptors (Lipinski definition) is 6. The summed E-state index contributed by atoms with van der Waals surface area (Å²) in [6, 6.07) is 8.66. The molecule has 0 aliphatic heterocycles. The van der Waals surface area contributed by atoms with E-state index in [2.05, 4.69) is 30.8 Å². The summed E-state index contributed by atoms with van der Waals surface area (Å²) in [5.41, 5.74) is 1.50. The fraction of sp³-hybridized carbons (Fsp3) is 0.118. The Labute approximate surface area is 153 Å². The van der Waals surface area contributed by atoms with Crippen molar-refractivity contribution < 1.29 is 9.21 Å². The number of hydrogen-bond donors (Lipinski definition) is 2. The van der Waals surface area contributed by atoms with E-state index in [1.807, 2.05) is 12.1 Å². The molecule has 0 atom stereocenters. The van der Waals surface area contributed by atoms with Crippen LogP contribution in [0, 0.1) is 0 Å². The molecule has 4 aromatic heterocycles. The zero-order valence-electron chi connectivity index (χ0n) is 14.4. The highest BCUT2D eigenvalue weighted by atomic mass is 16.3. The van der Waals surface area contributed by atoms with E-state index in [0.717, 1.165) is 5.56 Å². The Morgan fingerprint density at radius 3 is 2.93 bits per heavy atom. The molecule has 0 unspecified atom stereocenters. The average Bonchev–Trinajstić information content (AvgIpc) is 3.43. The summed E-state index contributed by atoms with van der Waals surface area (Å²) in [6.07, 6.45) is 6.26. The lowest BCUT2D eigenvalue weighted by Gasteiger charge is -2.08. The van der Waals surface area contributed by atoms with Crippen molar-refractivity contribution in [3.05, 3.63) is 61.0 Å². The molecule has 0 aliphatic rings. The zero-order chi connectivity index (χ0) is 18.6. The lowest BCUT2D eigenvalue weighted by atomic mass is 10.3. The molecule has 0 aliphatic carbocycles. The van der Waals surface area contributed by atoms with Crippen LogP contribution in [0.25, 0.3) is 17.3 Å². The van der Waals surface area contributed by atoms with Crippen molar-refractivity contribution in [2.75, 3.05) is 5.32 Å². The minimum absolute atomic E-state index is 0.333. The zero-order valence-corrected chi connectivity index (χ0v) is 14.4. The van der Waals surface area contributed by atoms with Gasteiger partial charge in [0.25, 0.3) is 0 Å². The van der Waals surface area contributed by atoms with E-state index in [4.69, 9.17) is 4.42 Å². The Balaban J connectivity index is 1.35. The van der Waals surface area contributed by atoms with Crippen LogP contribution in [-0.2, 0) is 13.6 Å². The number of aromatic nitrogens is 6. The molecule has 0 spiro atoms. The smallest absolute Gasteiger partial charge is 0.320 e. The van der Waals surface area contributed by atoms with Crippen molar-refractivity contribution in [1.82, 2.24) is 34.8 Å². The van der Waals surface area contributed by atoms with Crippen molar-refractivity contribution in [2.24, 2.45) is 7.05 Å². The van der Waals surface area contributed by atoms with Crippen molar-refractivity contribution in [3.8, 4) is 17.3 Å². The molecule has 0 aromatic carbocycles. The highest BCUT2D eigenvalue weighted by Gasteiger charge is 2.11. The number of aryl methyl sites for hydroxylation is 1. The van der Waals surface area contributed by atoms with Crippen LogP contribution in [-0.4, -0.2) is 35.6 Å². The fourth-order valence-corrected chi connectivity index (χ4v) is 2.46. The monoisotopic (exact) mass is 364 g/mol. The molecule has 136 valence electrons. The molecule has 2 amide bonds. The minimum Gasteiger partial charge on any atom is -0.463 e. The van der Waals surface area contributed by atoms with E-state index in [1.165, 1.54) is 6.33 Å². The van der Waals surface area contributed by atoms with Gasteiger partial charge in [0.2, 0.25) is 0 Å². The second-order valence-corrected chi connectivity index (χ2v) is 5.69. The summed E-state index contributed by atoms with van der Waals surface area (Å²) in [7, 11) is 1.74. The van der Waals surface area contributed by atoms with Gasteiger partial charge in [-0.25, -0.2) is 19.4 Å². The van der Waals surface area contributed by atoms with Crippen LogP contribution in [0.15, 0.2) is 59.9 Å². The van der Waals surface area contributed by atoms with Gasteiger partial charge in [0.05, 0.1) is 6.26 Å². The average molecular weight is 364 g/mol. The van der Waals surface area contributed by atoms with Gasteiger partial charge in [-0.05, 0) is 23.8 Å². The molecule has 0 saturated heterocycles. The van der Waals surface area contributed by atoms with Crippen LogP contribution in [0.5, 0.6) is 0 Å². The summed E-state index contributed by atoms with van der Waals surface area (Å²) in [4.78, 5) is 20.3. The third-order valence-electron chi connectivity index (χ3n) is 3.81. The maximum absolute atomic E-state index is 12.2. The first-order chi connectivity index (χ1) is 13.2. The molecule has 4 aromatic rings. The van der Waals surface area contributed by atoms with Gasteiger partial charge in [-0.3, -0.25) is 10.00 Å². The van der Waals surface area contributed by atoms with Crippen molar-refractivity contribution in [3.63, 3.8) is 0 Å². The van der Waals surface area contributed by atoms with Gasteiger partial charge in [-0.1, -0.05) is 6.07 Å². The third-order valence-corrected chi connectivity index (χ3v) is 3.81. The molecular weight excluding hydrogens is 348 g/mol. The normalized spacial score (nSPS) is 10.7. The van der Waals surface area contributed by atoms with E-state index in [9.17, 15) is 4.79 Å². The predicted molar refractivity (Wildman–Crippen MR) is 95.9 cm³/mol. The van der Waals surface area contributed by atoms with E-state index >= 15 is 0 Å². The standard InChI is InChI=1S/C17H16N8O2/c1-24-16(7-13(23-24)14-3-2-6-27-14)22-17(26)20-9-12-4-5-15(19-8-12)25-11-18-10-21-25/h2-8,10-11H,9H2,1H3,(H2,20,22,26). The SMILES string of the molecule is Cn1nc(-c2ccco2)cc1NC(=O)NCc1ccc(-n2cncn2)nc1. The molecule has 0 bridgehead atoms. The minimum atomic E-state index is -0.343. The number of nitrogens with zero attached hydrogens (tertiary/aromatic N) is 6. The second kappa shape index (κ2) is 7.12. The lowest BCUT2D eigenvalue weighted by molar-refractivity contribution is 0.251. The second-order valence-electron chi connectivity index (χ2n) is 5.69. The Kier molecular flexibility index (Phi) is 4.35. The van der Waals surface area contributed by atoms with Gasteiger partial charge in [0.15, 0.2) is 11.6 Å². The molecule has 4 rings (SSSR count). The van der Waals surface area contributed by atoms with Crippen LogP contribution in [0.4, 0.5) is 10.6 Å². The third kappa shape index (κ3) is 3.68.